The van der Waals surface area contributed by atoms with Crippen molar-refractivity contribution < 1.29 is 4.79 Å². The minimum atomic E-state index is 0.0442. The molecule has 0 radical (unpaired) electrons. The maximum atomic E-state index is 12.0. The number of hydrogen-bond acceptors (Lipinski definition) is 3. The largest absolute Gasteiger partial charge is 0.389 e. The molecular formula is C16H23N3OS. The lowest BCUT2D eigenvalue weighted by atomic mass is 9.93. The summed E-state index contributed by atoms with van der Waals surface area (Å²) in [5.41, 5.74) is 7.51. The highest BCUT2D eigenvalue weighted by Gasteiger charge is 2.28. The van der Waals surface area contributed by atoms with Crippen molar-refractivity contribution in [2.45, 2.75) is 26.7 Å². The van der Waals surface area contributed by atoms with Crippen LogP contribution >= 0.6 is 12.2 Å². The molecule has 0 aromatic heterocycles. The SMILES string of the molecule is CC1(C)CCN(CCC(=O)Nc2ccc(C(N)=S)cc2)C1. The quantitative estimate of drug-likeness (QED) is 0.820. The van der Waals surface area contributed by atoms with Gasteiger partial charge in [-0.05, 0) is 42.6 Å². The van der Waals surface area contributed by atoms with E-state index in [1.54, 1.807) is 0 Å². The Bertz CT molecular complexity index is 525. The van der Waals surface area contributed by atoms with Crippen LogP contribution in [0.3, 0.4) is 0 Å². The van der Waals surface area contributed by atoms with Gasteiger partial charge in [0.05, 0.1) is 0 Å². The van der Waals surface area contributed by atoms with Crippen molar-refractivity contribution in [3.05, 3.63) is 29.8 Å². The number of carbonyl (C=O) groups is 1. The second kappa shape index (κ2) is 6.54. The van der Waals surface area contributed by atoms with Gasteiger partial charge in [-0.1, -0.05) is 26.1 Å². The summed E-state index contributed by atoms with van der Waals surface area (Å²) >= 11 is 4.90. The molecule has 0 aliphatic carbocycles. The number of thiocarbonyl (C=S) groups is 1. The molecule has 0 saturated carbocycles. The Kier molecular flexibility index (Phi) is 4.96. The second-order valence-electron chi connectivity index (χ2n) is 6.43. The van der Waals surface area contributed by atoms with Crippen LogP contribution in [0.2, 0.25) is 0 Å². The smallest absolute Gasteiger partial charge is 0.225 e. The summed E-state index contributed by atoms with van der Waals surface area (Å²) in [7, 11) is 0. The number of amides is 1. The van der Waals surface area contributed by atoms with E-state index < -0.39 is 0 Å². The molecular weight excluding hydrogens is 282 g/mol. The standard InChI is InChI=1S/C16H23N3OS/c1-16(2)8-10-19(11-16)9-7-14(20)18-13-5-3-12(4-6-13)15(17)21/h3-6H,7-11H2,1-2H3,(H2,17,21)(H,18,20). The molecule has 21 heavy (non-hydrogen) atoms. The van der Waals surface area contributed by atoms with E-state index in [0.717, 1.165) is 30.9 Å². The summed E-state index contributed by atoms with van der Waals surface area (Å²) in [6.45, 7) is 7.53. The third-order valence-electron chi connectivity index (χ3n) is 3.86. The van der Waals surface area contributed by atoms with Crippen LogP contribution in [0.15, 0.2) is 24.3 Å². The normalized spacial score (nSPS) is 17.6. The molecule has 1 heterocycles. The molecule has 0 bridgehead atoms. The summed E-state index contributed by atoms with van der Waals surface area (Å²) in [6.07, 6.45) is 1.72. The number of benzene rings is 1. The van der Waals surface area contributed by atoms with Crippen molar-refractivity contribution >= 4 is 28.8 Å². The number of likely N-dealkylation sites (tertiary alicyclic amines) is 1. The van der Waals surface area contributed by atoms with Crippen molar-refractivity contribution in [1.29, 1.82) is 0 Å². The highest BCUT2D eigenvalue weighted by Crippen LogP contribution is 2.28. The molecule has 1 aromatic rings. The predicted octanol–water partition coefficient (Wildman–Crippen LogP) is 2.38. The highest BCUT2D eigenvalue weighted by molar-refractivity contribution is 7.80. The number of anilines is 1. The number of hydrogen-bond donors (Lipinski definition) is 2. The van der Waals surface area contributed by atoms with Gasteiger partial charge in [0.15, 0.2) is 0 Å². The Morgan fingerprint density at radius 2 is 2.05 bits per heavy atom. The fourth-order valence-corrected chi connectivity index (χ4v) is 2.75. The number of carbonyl (C=O) groups excluding carboxylic acids is 1. The lowest BCUT2D eigenvalue weighted by Gasteiger charge is -2.19. The van der Waals surface area contributed by atoms with Crippen LogP contribution in [0.25, 0.3) is 0 Å². The van der Waals surface area contributed by atoms with E-state index in [2.05, 4.69) is 24.1 Å². The van der Waals surface area contributed by atoms with E-state index in [9.17, 15) is 4.79 Å². The fraction of sp³-hybridized carbons (Fsp3) is 0.500. The topological polar surface area (TPSA) is 58.4 Å². The van der Waals surface area contributed by atoms with Crippen LogP contribution in [-0.4, -0.2) is 35.4 Å². The number of rotatable bonds is 5. The van der Waals surface area contributed by atoms with E-state index in [0.29, 0.717) is 16.8 Å². The molecule has 3 N–H and O–H groups in total. The number of nitrogens with one attached hydrogen (secondary N) is 1. The highest BCUT2D eigenvalue weighted by atomic mass is 32.1. The molecule has 1 amide bonds. The van der Waals surface area contributed by atoms with Crippen molar-refractivity contribution in [3.8, 4) is 0 Å². The van der Waals surface area contributed by atoms with E-state index in [1.807, 2.05) is 24.3 Å². The predicted molar refractivity (Wildman–Crippen MR) is 90.4 cm³/mol. The summed E-state index contributed by atoms with van der Waals surface area (Å²) in [5, 5.41) is 2.90. The average Bonchev–Trinajstić information content (AvgIpc) is 2.77. The Morgan fingerprint density at radius 3 is 2.57 bits per heavy atom. The van der Waals surface area contributed by atoms with Gasteiger partial charge in [0.1, 0.15) is 4.99 Å². The molecule has 0 unspecified atom stereocenters. The van der Waals surface area contributed by atoms with Crippen LogP contribution in [-0.2, 0) is 4.79 Å². The third kappa shape index (κ3) is 4.79. The van der Waals surface area contributed by atoms with Gasteiger partial charge in [-0.2, -0.15) is 0 Å². The zero-order valence-electron chi connectivity index (χ0n) is 12.7. The lowest BCUT2D eigenvalue weighted by molar-refractivity contribution is -0.116. The molecule has 1 saturated heterocycles. The second-order valence-corrected chi connectivity index (χ2v) is 6.87. The van der Waals surface area contributed by atoms with Gasteiger partial charge >= 0.3 is 0 Å². The molecule has 0 spiro atoms. The summed E-state index contributed by atoms with van der Waals surface area (Å²) in [5.74, 6) is 0.0442. The minimum Gasteiger partial charge on any atom is -0.389 e. The molecule has 1 fully saturated rings. The van der Waals surface area contributed by atoms with Gasteiger partial charge in [-0.3, -0.25) is 4.79 Å². The van der Waals surface area contributed by atoms with Crippen LogP contribution in [0.4, 0.5) is 5.69 Å². The summed E-state index contributed by atoms with van der Waals surface area (Å²) in [6, 6.07) is 7.29. The Balaban J connectivity index is 1.78. The minimum absolute atomic E-state index is 0.0442. The molecule has 1 aliphatic rings. The molecule has 1 aliphatic heterocycles. The maximum absolute atomic E-state index is 12.0. The van der Waals surface area contributed by atoms with Crippen LogP contribution in [0.1, 0.15) is 32.3 Å². The zero-order valence-corrected chi connectivity index (χ0v) is 13.5. The zero-order chi connectivity index (χ0) is 15.5. The molecule has 4 nitrogen and oxygen atoms in total. The maximum Gasteiger partial charge on any atom is 0.225 e. The first-order valence-corrected chi connectivity index (χ1v) is 7.69. The molecule has 114 valence electrons. The van der Waals surface area contributed by atoms with Gasteiger partial charge in [0.25, 0.3) is 0 Å². The average molecular weight is 305 g/mol. The molecule has 2 rings (SSSR count). The van der Waals surface area contributed by atoms with Gasteiger partial charge in [0, 0.05) is 30.8 Å². The van der Waals surface area contributed by atoms with Crippen molar-refractivity contribution in [3.63, 3.8) is 0 Å². The Labute approximate surface area is 131 Å². The first-order chi connectivity index (χ1) is 9.85. The molecule has 5 heteroatoms. The van der Waals surface area contributed by atoms with Gasteiger partial charge in [-0.25, -0.2) is 0 Å². The number of nitrogens with zero attached hydrogens (tertiary/aromatic N) is 1. The molecule has 1 aromatic carbocycles. The Hall–Kier alpha value is -1.46. The monoisotopic (exact) mass is 305 g/mol. The first kappa shape index (κ1) is 15.9. The van der Waals surface area contributed by atoms with Crippen LogP contribution in [0, 0.1) is 5.41 Å². The Morgan fingerprint density at radius 1 is 1.38 bits per heavy atom. The van der Waals surface area contributed by atoms with Gasteiger partial charge in [-0.15, -0.1) is 0 Å². The third-order valence-corrected chi connectivity index (χ3v) is 4.10. The first-order valence-electron chi connectivity index (χ1n) is 7.28. The number of nitrogens with two attached hydrogens (primary N) is 1. The van der Waals surface area contributed by atoms with Crippen molar-refractivity contribution in [2.75, 3.05) is 25.0 Å². The van der Waals surface area contributed by atoms with Crippen molar-refractivity contribution in [1.82, 2.24) is 4.90 Å². The lowest BCUT2D eigenvalue weighted by Crippen LogP contribution is -2.27. The van der Waals surface area contributed by atoms with Crippen LogP contribution < -0.4 is 11.1 Å². The summed E-state index contributed by atoms with van der Waals surface area (Å²) < 4.78 is 0. The van der Waals surface area contributed by atoms with Crippen LogP contribution in [0.5, 0.6) is 0 Å². The van der Waals surface area contributed by atoms with E-state index in [-0.39, 0.29) is 5.91 Å². The fourth-order valence-electron chi connectivity index (χ4n) is 2.62. The van der Waals surface area contributed by atoms with E-state index in [4.69, 9.17) is 18.0 Å². The molecule has 0 atom stereocenters. The van der Waals surface area contributed by atoms with Gasteiger partial charge < -0.3 is 16.0 Å². The van der Waals surface area contributed by atoms with E-state index >= 15 is 0 Å². The van der Waals surface area contributed by atoms with Crippen molar-refractivity contribution in [2.24, 2.45) is 11.1 Å². The summed E-state index contributed by atoms with van der Waals surface area (Å²) in [4.78, 5) is 14.7. The van der Waals surface area contributed by atoms with E-state index in [1.165, 1.54) is 6.42 Å². The van der Waals surface area contributed by atoms with Gasteiger partial charge in [0.2, 0.25) is 5.91 Å².